The molecule has 1 heterocycles. The second-order valence-electron chi connectivity index (χ2n) is 3.42. The molecule has 2 aromatic rings. The van der Waals surface area contributed by atoms with E-state index in [1.165, 1.54) is 12.1 Å². The lowest BCUT2D eigenvalue weighted by atomic mass is 10.2. The average Bonchev–Trinajstić information content (AvgIpc) is 2.28. The third-order valence-electron chi connectivity index (χ3n) is 2.13. The first kappa shape index (κ1) is 13.0. The normalized spacial score (nSPS) is 10.2. The standard InChI is InChI=1S/C12H7BrClFN2O/c13-10-2-1-3-11(16-10)17-12(18)8-5-4-7(15)6-9(8)14/h1-6H,(H,16,17,18). The van der Waals surface area contributed by atoms with E-state index in [1.807, 2.05) is 0 Å². The lowest BCUT2D eigenvalue weighted by Gasteiger charge is -2.06. The Morgan fingerprint density at radius 1 is 1.33 bits per heavy atom. The maximum Gasteiger partial charge on any atom is 0.258 e. The Kier molecular flexibility index (Phi) is 3.93. The van der Waals surface area contributed by atoms with E-state index in [4.69, 9.17) is 11.6 Å². The highest BCUT2D eigenvalue weighted by molar-refractivity contribution is 9.10. The van der Waals surface area contributed by atoms with Crippen LogP contribution in [0.4, 0.5) is 10.2 Å². The van der Waals surface area contributed by atoms with E-state index < -0.39 is 11.7 Å². The zero-order valence-corrected chi connectivity index (χ0v) is 11.3. The Morgan fingerprint density at radius 2 is 2.11 bits per heavy atom. The fourth-order valence-electron chi connectivity index (χ4n) is 1.34. The Bertz CT molecular complexity index is 606. The van der Waals surface area contributed by atoms with Crippen molar-refractivity contribution >= 4 is 39.3 Å². The largest absolute Gasteiger partial charge is 0.306 e. The van der Waals surface area contributed by atoms with Gasteiger partial charge in [-0.05, 0) is 46.3 Å². The first-order valence-corrected chi connectivity index (χ1v) is 6.12. The summed E-state index contributed by atoms with van der Waals surface area (Å²) in [5.74, 6) is -0.544. The number of nitrogens with zero attached hydrogens (tertiary/aromatic N) is 1. The van der Waals surface area contributed by atoms with Gasteiger partial charge in [-0.15, -0.1) is 0 Å². The second-order valence-corrected chi connectivity index (χ2v) is 4.64. The van der Waals surface area contributed by atoms with Crippen LogP contribution in [-0.2, 0) is 0 Å². The van der Waals surface area contributed by atoms with Gasteiger partial charge in [-0.3, -0.25) is 4.79 Å². The highest BCUT2D eigenvalue weighted by Crippen LogP contribution is 2.19. The summed E-state index contributed by atoms with van der Waals surface area (Å²) in [4.78, 5) is 15.9. The van der Waals surface area contributed by atoms with Crippen molar-refractivity contribution in [1.82, 2.24) is 4.98 Å². The number of nitrogens with one attached hydrogen (secondary N) is 1. The fourth-order valence-corrected chi connectivity index (χ4v) is 1.93. The Hall–Kier alpha value is -1.46. The van der Waals surface area contributed by atoms with Crippen LogP contribution in [0.5, 0.6) is 0 Å². The Labute approximate surface area is 116 Å². The summed E-state index contributed by atoms with van der Waals surface area (Å²) in [5.41, 5.74) is 0.194. The van der Waals surface area contributed by atoms with E-state index in [1.54, 1.807) is 18.2 Å². The van der Waals surface area contributed by atoms with Gasteiger partial charge in [-0.2, -0.15) is 0 Å². The number of benzene rings is 1. The average molecular weight is 330 g/mol. The van der Waals surface area contributed by atoms with Crippen LogP contribution >= 0.6 is 27.5 Å². The number of amides is 1. The highest BCUT2D eigenvalue weighted by Gasteiger charge is 2.11. The molecule has 0 bridgehead atoms. The lowest BCUT2D eigenvalue weighted by Crippen LogP contribution is -2.13. The quantitative estimate of drug-likeness (QED) is 0.849. The van der Waals surface area contributed by atoms with E-state index in [-0.39, 0.29) is 10.6 Å². The molecule has 0 aliphatic carbocycles. The van der Waals surface area contributed by atoms with Gasteiger partial charge in [0.05, 0.1) is 10.6 Å². The lowest BCUT2D eigenvalue weighted by molar-refractivity contribution is 0.102. The van der Waals surface area contributed by atoms with Gasteiger partial charge in [0.15, 0.2) is 0 Å². The molecule has 1 aromatic carbocycles. The molecular weight excluding hydrogens is 322 g/mol. The molecule has 0 unspecified atom stereocenters. The minimum Gasteiger partial charge on any atom is -0.306 e. The number of carbonyl (C=O) groups is 1. The molecular formula is C12H7BrClFN2O. The van der Waals surface area contributed by atoms with E-state index in [2.05, 4.69) is 26.2 Å². The molecule has 1 amide bonds. The topological polar surface area (TPSA) is 42.0 Å². The van der Waals surface area contributed by atoms with E-state index in [9.17, 15) is 9.18 Å². The molecule has 6 heteroatoms. The number of rotatable bonds is 2. The minimum atomic E-state index is -0.489. The molecule has 0 saturated carbocycles. The predicted molar refractivity (Wildman–Crippen MR) is 71.3 cm³/mol. The van der Waals surface area contributed by atoms with Crippen molar-refractivity contribution in [3.63, 3.8) is 0 Å². The van der Waals surface area contributed by atoms with Crippen LogP contribution in [0.15, 0.2) is 41.0 Å². The third-order valence-corrected chi connectivity index (χ3v) is 2.89. The summed E-state index contributed by atoms with van der Waals surface area (Å²) in [7, 11) is 0. The van der Waals surface area contributed by atoms with E-state index in [0.717, 1.165) is 6.07 Å². The first-order chi connectivity index (χ1) is 8.56. The molecule has 2 rings (SSSR count). The summed E-state index contributed by atoms with van der Waals surface area (Å²) >= 11 is 8.99. The van der Waals surface area contributed by atoms with Gasteiger partial charge in [0.1, 0.15) is 16.2 Å². The molecule has 0 aliphatic rings. The number of hydrogen-bond acceptors (Lipinski definition) is 2. The molecule has 3 nitrogen and oxygen atoms in total. The smallest absolute Gasteiger partial charge is 0.258 e. The molecule has 0 fully saturated rings. The van der Waals surface area contributed by atoms with Gasteiger partial charge in [-0.25, -0.2) is 9.37 Å². The number of aromatic nitrogens is 1. The molecule has 0 spiro atoms. The zero-order chi connectivity index (χ0) is 13.1. The Morgan fingerprint density at radius 3 is 2.78 bits per heavy atom. The number of carbonyl (C=O) groups excluding carboxylic acids is 1. The Balaban J connectivity index is 2.22. The van der Waals surface area contributed by atoms with Crippen LogP contribution < -0.4 is 5.32 Å². The van der Waals surface area contributed by atoms with Crippen LogP contribution in [-0.4, -0.2) is 10.9 Å². The van der Waals surface area contributed by atoms with Crippen molar-refractivity contribution in [3.8, 4) is 0 Å². The van der Waals surface area contributed by atoms with Gasteiger partial charge in [0, 0.05) is 0 Å². The summed E-state index contributed by atoms with van der Waals surface area (Å²) in [6.45, 7) is 0. The number of pyridine rings is 1. The van der Waals surface area contributed by atoms with Gasteiger partial charge in [0.25, 0.3) is 5.91 Å². The SMILES string of the molecule is O=C(Nc1cccc(Br)n1)c1ccc(F)cc1Cl. The monoisotopic (exact) mass is 328 g/mol. The van der Waals surface area contributed by atoms with Gasteiger partial charge in [0.2, 0.25) is 0 Å². The van der Waals surface area contributed by atoms with Crippen molar-refractivity contribution in [1.29, 1.82) is 0 Å². The van der Waals surface area contributed by atoms with E-state index >= 15 is 0 Å². The molecule has 0 aliphatic heterocycles. The predicted octanol–water partition coefficient (Wildman–Crippen LogP) is 3.89. The molecule has 1 N–H and O–H groups in total. The summed E-state index contributed by atoms with van der Waals surface area (Å²) in [6.07, 6.45) is 0. The van der Waals surface area contributed by atoms with Gasteiger partial charge >= 0.3 is 0 Å². The summed E-state index contributed by atoms with van der Waals surface area (Å²) in [5, 5.41) is 2.63. The second kappa shape index (κ2) is 5.46. The minimum absolute atomic E-state index is 0.0579. The molecule has 0 atom stereocenters. The first-order valence-electron chi connectivity index (χ1n) is 4.95. The van der Waals surface area contributed by atoms with Crippen LogP contribution in [0, 0.1) is 5.82 Å². The van der Waals surface area contributed by atoms with Crippen molar-refractivity contribution in [2.45, 2.75) is 0 Å². The molecule has 0 saturated heterocycles. The fraction of sp³-hybridized carbons (Fsp3) is 0. The van der Waals surface area contributed by atoms with Crippen LogP contribution in [0.3, 0.4) is 0 Å². The maximum absolute atomic E-state index is 12.9. The van der Waals surface area contributed by atoms with Gasteiger partial charge in [-0.1, -0.05) is 17.7 Å². The number of halogens is 3. The molecule has 18 heavy (non-hydrogen) atoms. The van der Waals surface area contributed by atoms with Crippen molar-refractivity contribution in [2.75, 3.05) is 5.32 Å². The van der Waals surface area contributed by atoms with Crippen LogP contribution in [0.25, 0.3) is 0 Å². The molecule has 92 valence electrons. The van der Waals surface area contributed by atoms with E-state index in [0.29, 0.717) is 10.4 Å². The van der Waals surface area contributed by atoms with Crippen molar-refractivity contribution in [2.24, 2.45) is 0 Å². The van der Waals surface area contributed by atoms with Gasteiger partial charge < -0.3 is 5.32 Å². The molecule has 1 aromatic heterocycles. The van der Waals surface area contributed by atoms with Crippen LogP contribution in [0.2, 0.25) is 5.02 Å². The van der Waals surface area contributed by atoms with Crippen LogP contribution in [0.1, 0.15) is 10.4 Å². The zero-order valence-electron chi connectivity index (χ0n) is 8.95. The number of hydrogen-bond donors (Lipinski definition) is 1. The summed E-state index contributed by atoms with van der Waals surface area (Å²) < 4.78 is 13.5. The third kappa shape index (κ3) is 3.05. The van der Waals surface area contributed by atoms with Crippen molar-refractivity contribution in [3.05, 3.63) is 57.4 Å². The number of anilines is 1. The molecule has 0 radical (unpaired) electrons. The van der Waals surface area contributed by atoms with Crippen molar-refractivity contribution < 1.29 is 9.18 Å². The summed E-state index contributed by atoms with van der Waals surface area (Å²) in [6, 6.07) is 8.70. The maximum atomic E-state index is 12.9. The highest BCUT2D eigenvalue weighted by atomic mass is 79.9.